The molecule has 1 aliphatic rings. The molecule has 26 heavy (non-hydrogen) atoms. The van der Waals surface area contributed by atoms with Gasteiger partial charge in [-0.3, -0.25) is 4.90 Å². The Morgan fingerprint density at radius 1 is 1.08 bits per heavy atom. The molecular formula is C20H17N3O3. The number of rotatable bonds is 2. The number of para-hydroxylation sites is 1. The van der Waals surface area contributed by atoms with Gasteiger partial charge in [-0.05, 0) is 36.4 Å². The third kappa shape index (κ3) is 3.17. The molecule has 2 aromatic carbocycles. The van der Waals surface area contributed by atoms with Gasteiger partial charge in [-0.15, -0.1) is 0 Å². The van der Waals surface area contributed by atoms with Crippen molar-refractivity contribution in [1.82, 2.24) is 4.98 Å². The lowest BCUT2D eigenvalue weighted by Crippen LogP contribution is -2.41. The Morgan fingerprint density at radius 2 is 1.92 bits per heavy atom. The van der Waals surface area contributed by atoms with E-state index in [-0.39, 0.29) is 11.8 Å². The number of urea groups is 1. The number of fused-ring (bicyclic) bond motifs is 1. The van der Waals surface area contributed by atoms with Gasteiger partial charge < -0.3 is 15.2 Å². The Hall–Kier alpha value is -3.54. The summed E-state index contributed by atoms with van der Waals surface area (Å²) >= 11 is 0. The third-order valence-electron chi connectivity index (χ3n) is 4.08. The molecule has 130 valence electrons. The number of aromatic hydroxyl groups is 1. The summed E-state index contributed by atoms with van der Waals surface area (Å²) in [5, 5.41) is 12.6. The van der Waals surface area contributed by atoms with E-state index in [1.54, 1.807) is 29.2 Å². The van der Waals surface area contributed by atoms with Crippen molar-refractivity contribution in [3.63, 3.8) is 0 Å². The van der Waals surface area contributed by atoms with Gasteiger partial charge in [0, 0.05) is 11.3 Å². The van der Waals surface area contributed by atoms with Gasteiger partial charge in [-0.1, -0.05) is 30.3 Å². The molecule has 0 unspecified atom stereocenters. The smallest absolute Gasteiger partial charge is 0.327 e. The minimum atomic E-state index is -0.263. The Morgan fingerprint density at radius 3 is 2.73 bits per heavy atom. The highest BCUT2D eigenvalue weighted by Gasteiger charge is 2.26. The maximum absolute atomic E-state index is 12.7. The number of nitrogens with one attached hydrogen (secondary N) is 1. The Labute approximate surface area is 150 Å². The van der Waals surface area contributed by atoms with Gasteiger partial charge in [-0.2, -0.15) is 0 Å². The van der Waals surface area contributed by atoms with Crippen LogP contribution in [-0.4, -0.2) is 29.3 Å². The first kappa shape index (κ1) is 16.0. The molecule has 0 spiro atoms. The van der Waals surface area contributed by atoms with Crippen molar-refractivity contribution in [2.24, 2.45) is 0 Å². The molecule has 0 atom stereocenters. The molecule has 2 N–H and O–H groups in total. The average Bonchev–Trinajstić information content (AvgIpc) is 2.68. The third-order valence-corrected chi connectivity index (χ3v) is 4.08. The van der Waals surface area contributed by atoms with Crippen LogP contribution in [0, 0.1) is 0 Å². The van der Waals surface area contributed by atoms with Crippen molar-refractivity contribution in [1.29, 1.82) is 0 Å². The highest BCUT2D eigenvalue weighted by Crippen LogP contribution is 2.33. The van der Waals surface area contributed by atoms with Crippen molar-refractivity contribution in [2.75, 3.05) is 23.4 Å². The predicted octanol–water partition coefficient (Wildman–Crippen LogP) is 3.89. The summed E-state index contributed by atoms with van der Waals surface area (Å²) in [6, 6.07) is 19.5. The Balaban J connectivity index is 1.66. The normalized spacial score (nSPS) is 12.8. The van der Waals surface area contributed by atoms with Gasteiger partial charge in [-0.25, -0.2) is 9.78 Å². The molecule has 0 fully saturated rings. The number of amides is 2. The van der Waals surface area contributed by atoms with Crippen molar-refractivity contribution >= 4 is 17.5 Å². The lowest BCUT2D eigenvalue weighted by atomic mass is 10.1. The van der Waals surface area contributed by atoms with Crippen LogP contribution in [-0.2, 0) is 0 Å². The number of aromatic nitrogens is 1. The maximum Gasteiger partial charge on any atom is 0.327 e. The van der Waals surface area contributed by atoms with Gasteiger partial charge in [0.2, 0.25) is 0 Å². The van der Waals surface area contributed by atoms with Crippen molar-refractivity contribution in [2.45, 2.75) is 0 Å². The van der Waals surface area contributed by atoms with Crippen LogP contribution in [0.1, 0.15) is 0 Å². The first-order valence-corrected chi connectivity index (χ1v) is 8.27. The number of carbonyl (C=O) groups excluding carboxylic acids is 1. The summed E-state index contributed by atoms with van der Waals surface area (Å²) in [5.74, 6) is 1.19. The monoisotopic (exact) mass is 347 g/mol. The van der Waals surface area contributed by atoms with E-state index in [1.165, 1.54) is 0 Å². The first-order valence-electron chi connectivity index (χ1n) is 8.27. The molecule has 1 aliphatic heterocycles. The second kappa shape index (κ2) is 6.76. The largest absolute Gasteiger partial charge is 0.508 e. The molecule has 0 saturated heterocycles. The zero-order valence-electron chi connectivity index (χ0n) is 13.9. The molecule has 0 aliphatic carbocycles. The predicted molar refractivity (Wildman–Crippen MR) is 99.6 cm³/mol. The average molecular weight is 347 g/mol. The van der Waals surface area contributed by atoms with Crippen molar-refractivity contribution in [3.8, 4) is 22.8 Å². The molecule has 1 aromatic heterocycles. The number of ether oxygens (including phenoxy) is 1. The van der Waals surface area contributed by atoms with Gasteiger partial charge in [0.1, 0.15) is 12.4 Å². The number of benzene rings is 2. The Kier molecular flexibility index (Phi) is 4.15. The number of hydrogen-bond donors (Lipinski definition) is 2. The van der Waals surface area contributed by atoms with Crippen LogP contribution in [0.5, 0.6) is 11.5 Å². The summed E-state index contributed by atoms with van der Waals surface area (Å²) in [4.78, 5) is 18.9. The molecule has 2 amide bonds. The second-order valence-corrected chi connectivity index (χ2v) is 5.86. The quantitative estimate of drug-likeness (QED) is 0.738. The fourth-order valence-corrected chi connectivity index (χ4v) is 2.83. The highest BCUT2D eigenvalue weighted by atomic mass is 16.5. The molecule has 2 heterocycles. The van der Waals surface area contributed by atoms with E-state index in [1.807, 2.05) is 42.5 Å². The zero-order chi connectivity index (χ0) is 17.9. The SMILES string of the molecule is O=C(Nc1ccccc1)N1CCOc2ccc(-c3cccc(O)c3)nc21. The molecule has 6 heteroatoms. The van der Waals surface area contributed by atoms with Gasteiger partial charge in [0.05, 0.1) is 12.2 Å². The number of phenolic OH excluding ortho intramolecular Hbond substituents is 1. The topological polar surface area (TPSA) is 74.7 Å². The van der Waals surface area contributed by atoms with Crippen molar-refractivity contribution in [3.05, 3.63) is 66.7 Å². The number of carbonyl (C=O) groups is 1. The highest BCUT2D eigenvalue weighted by molar-refractivity contribution is 6.02. The lowest BCUT2D eigenvalue weighted by Gasteiger charge is -2.28. The minimum Gasteiger partial charge on any atom is -0.508 e. The first-order chi connectivity index (χ1) is 12.7. The molecule has 0 bridgehead atoms. The molecule has 0 saturated carbocycles. The van der Waals surface area contributed by atoms with Crippen LogP contribution in [0.3, 0.4) is 0 Å². The van der Waals surface area contributed by atoms with Crippen LogP contribution in [0.4, 0.5) is 16.3 Å². The second-order valence-electron chi connectivity index (χ2n) is 5.86. The number of phenols is 1. The van der Waals surface area contributed by atoms with Crippen molar-refractivity contribution < 1.29 is 14.6 Å². The van der Waals surface area contributed by atoms with E-state index in [4.69, 9.17) is 4.74 Å². The molecule has 3 aromatic rings. The van der Waals surface area contributed by atoms with Crippen LogP contribution in [0.15, 0.2) is 66.7 Å². The summed E-state index contributed by atoms with van der Waals surface area (Å²) in [6.45, 7) is 0.810. The van der Waals surface area contributed by atoms with E-state index in [9.17, 15) is 9.90 Å². The summed E-state index contributed by atoms with van der Waals surface area (Å²) in [6.07, 6.45) is 0. The Bertz CT molecular complexity index is 944. The van der Waals surface area contributed by atoms with E-state index in [2.05, 4.69) is 10.3 Å². The van der Waals surface area contributed by atoms with E-state index >= 15 is 0 Å². The molecular weight excluding hydrogens is 330 g/mol. The molecule has 6 nitrogen and oxygen atoms in total. The fourth-order valence-electron chi connectivity index (χ4n) is 2.83. The van der Waals surface area contributed by atoms with Crippen LogP contribution in [0.2, 0.25) is 0 Å². The van der Waals surface area contributed by atoms with Gasteiger partial charge in [0.15, 0.2) is 11.6 Å². The summed E-state index contributed by atoms with van der Waals surface area (Å²) < 4.78 is 5.64. The fraction of sp³-hybridized carbons (Fsp3) is 0.100. The van der Waals surface area contributed by atoms with Crippen LogP contribution in [0.25, 0.3) is 11.3 Å². The molecule has 4 rings (SSSR count). The van der Waals surface area contributed by atoms with E-state index in [0.29, 0.717) is 30.4 Å². The van der Waals surface area contributed by atoms with E-state index < -0.39 is 0 Å². The van der Waals surface area contributed by atoms with E-state index in [0.717, 1.165) is 11.3 Å². The standard InChI is InChI=1S/C20H17N3O3/c24-16-8-4-5-14(13-16)17-9-10-18-19(22-17)23(11-12-26-18)20(25)21-15-6-2-1-3-7-15/h1-10,13,24H,11-12H2,(H,21,25). The number of hydrogen-bond acceptors (Lipinski definition) is 4. The number of pyridine rings is 1. The van der Waals surface area contributed by atoms with Crippen LogP contribution >= 0.6 is 0 Å². The summed E-state index contributed by atoms with van der Waals surface area (Å²) in [7, 11) is 0. The number of nitrogens with zero attached hydrogens (tertiary/aromatic N) is 2. The van der Waals surface area contributed by atoms with Crippen LogP contribution < -0.4 is 15.0 Å². The minimum absolute atomic E-state index is 0.164. The molecule has 0 radical (unpaired) electrons. The maximum atomic E-state index is 12.7. The number of anilines is 2. The lowest BCUT2D eigenvalue weighted by molar-refractivity contribution is 0.249. The summed E-state index contributed by atoms with van der Waals surface area (Å²) in [5.41, 5.74) is 2.14. The van der Waals surface area contributed by atoms with Gasteiger partial charge >= 0.3 is 6.03 Å². The van der Waals surface area contributed by atoms with Gasteiger partial charge in [0.25, 0.3) is 0 Å². The zero-order valence-corrected chi connectivity index (χ0v) is 13.9.